The molecule has 0 bridgehead atoms. The van der Waals surface area contributed by atoms with Crippen molar-refractivity contribution in [2.45, 2.75) is 39.2 Å². The van der Waals surface area contributed by atoms with Crippen LogP contribution in [0.1, 0.15) is 41.0 Å². The first-order chi connectivity index (χ1) is 8.63. The fraction of sp³-hybridized carbons (Fsp3) is 0.571. The van der Waals surface area contributed by atoms with Crippen LogP contribution in [0.3, 0.4) is 0 Å². The van der Waals surface area contributed by atoms with Crippen molar-refractivity contribution in [1.29, 1.82) is 0 Å². The van der Waals surface area contributed by atoms with E-state index < -0.39 is 0 Å². The number of nitrogens with zero attached hydrogens (tertiary/aromatic N) is 2. The predicted octanol–water partition coefficient (Wildman–Crippen LogP) is 1.69. The van der Waals surface area contributed by atoms with Crippen LogP contribution in [0.25, 0.3) is 0 Å². The molecule has 1 fully saturated rings. The Balaban J connectivity index is 2.24. The summed E-state index contributed by atoms with van der Waals surface area (Å²) in [6.45, 7) is 4.55. The zero-order valence-electron chi connectivity index (χ0n) is 11.0. The highest BCUT2D eigenvalue weighted by atomic mass is 16.3. The third kappa shape index (κ3) is 2.53. The molecular weight excluding hydrogens is 228 g/mol. The summed E-state index contributed by atoms with van der Waals surface area (Å²) in [6, 6.07) is 3.66. The number of hydrogen-bond acceptors (Lipinski definition) is 3. The predicted molar refractivity (Wildman–Crippen MR) is 69.5 cm³/mol. The molecule has 1 aromatic rings. The van der Waals surface area contributed by atoms with Gasteiger partial charge in [-0.25, -0.2) is 0 Å². The maximum absolute atomic E-state index is 12.5. The first-order valence-electron chi connectivity index (χ1n) is 6.49. The molecule has 2 heterocycles. The number of aryl methyl sites for hydroxylation is 2. The van der Waals surface area contributed by atoms with E-state index in [4.69, 9.17) is 0 Å². The zero-order chi connectivity index (χ0) is 13.1. The highest BCUT2D eigenvalue weighted by molar-refractivity contribution is 5.95. The van der Waals surface area contributed by atoms with Crippen LogP contribution >= 0.6 is 0 Å². The molecule has 18 heavy (non-hydrogen) atoms. The van der Waals surface area contributed by atoms with Gasteiger partial charge in [0.05, 0.1) is 23.9 Å². The molecule has 1 aliphatic rings. The quantitative estimate of drug-likeness (QED) is 0.866. The number of pyridine rings is 1. The standard InChI is InChI=1S/C14H20N2O2/c1-10-6-7-13(11(2)15-10)14(18)16-8-4-3-5-12(16)9-17/h6-7,12,17H,3-5,8-9H2,1-2H3. The van der Waals surface area contributed by atoms with Crippen molar-refractivity contribution in [3.8, 4) is 0 Å². The Morgan fingerprint density at radius 3 is 2.89 bits per heavy atom. The molecule has 1 amide bonds. The van der Waals surface area contributed by atoms with Gasteiger partial charge in [0, 0.05) is 12.2 Å². The fourth-order valence-corrected chi connectivity index (χ4v) is 2.53. The Kier molecular flexibility index (Phi) is 3.97. The summed E-state index contributed by atoms with van der Waals surface area (Å²) in [5.41, 5.74) is 2.34. The van der Waals surface area contributed by atoms with Crippen LogP contribution in [0.15, 0.2) is 12.1 Å². The number of amides is 1. The lowest BCUT2D eigenvalue weighted by molar-refractivity contribution is 0.0502. The van der Waals surface area contributed by atoms with E-state index in [1.54, 1.807) is 4.90 Å². The molecule has 0 aliphatic carbocycles. The van der Waals surface area contributed by atoms with Crippen LogP contribution < -0.4 is 0 Å². The molecule has 1 atom stereocenters. The van der Waals surface area contributed by atoms with Crippen molar-refractivity contribution in [1.82, 2.24) is 9.88 Å². The van der Waals surface area contributed by atoms with Crippen LogP contribution in [-0.2, 0) is 0 Å². The van der Waals surface area contributed by atoms with Gasteiger partial charge in [-0.2, -0.15) is 0 Å². The number of carbonyl (C=O) groups excluding carboxylic acids is 1. The molecule has 4 heteroatoms. The number of piperidine rings is 1. The van der Waals surface area contributed by atoms with E-state index in [1.807, 2.05) is 26.0 Å². The molecule has 98 valence electrons. The molecule has 0 spiro atoms. The lowest BCUT2D eigenvalue weighted by Crippen LogP contribution is -2.45. The van der Waals surface area contributed by atoms with Gasteiger partial charge in [0.15, 0.2) is 0 Å². The summed E-state index contributed by atoms with van der Waals surface area (Å²) < 4.78 is 0. The topological polar surface area (TPSA) is 53.4 Å². The Labute approximate surface area is 108 Å². The van der Waals surface area contributed by atoms with Crippen molar-refractivity contribution in [2.24, 2.45) is 0 Å². The summed E-state index contributed by atoms with van der Waals surface area (Å²) in [4.78, 5) is 18.6. The van der Waals surface area contributed by atoms with Crippen molar-refractivity contribution < 1.29 is 9.90 Å². The Morgan fingerprint density at radius 1 is 1.44 bits per heavy atom. The maximum Gasteiger partial charge on any atom is 0.256 e. The normalized spacial score (nSPS) is 19.9. The number of aromatic nitrogens is 1. The smallest absolute Gasteiger partial charge is 0.256 e. The molecule has 1 N–H and O–H groups in total. The van der Waals surface area contributed by atoms with E-state index in [2.05, 4.69) is 4.98 Å². The Bertz CT molecular complexity index is 445. The largest absolute Gasteiger partial charge is 0.394 e. The molecule has 1 aromatic heterocycles. The van der Waals surface area contributed by atoms with Crippen LogP contribution in [0.5, 0.6) is 0 Å². The average molecular weight is 248 g/mol. The lowest BCUT2D eigenvalue weighted by atomic mass is 10.0. The van der Waals surface area contributed by atoms with Gasteiger partial charge in [-0.15, -0.1) is 0 Å². The molecular formula is C14H20N2O2. The SMILES string of the molecule is Cc1ccc(C(=O)N2CCCCC2CO)c(C)n1. The van der Waals surface area contributed by atoms with E-state index >= 15 is 0 Å². The van der Waals surface area contributed by atoms with Gasteiger partial charge in [0.2, 0.25) is 0 Å². The monoisotopic (exact) mass is 248 g/mol. The third-order valence-electron chi connectivity index (χ3n) is 3.55. The number of aliphatic hydroxyl groups is 1. The fourth-order valence-electron chi connectivity index (χ4n) is 2.53. The second kappa shape index (κ2) is 5.48. The third-order valence-corrected chi connectivity index (χ3v) is 3.55. The minimum absolute atomic E-state index is 0.00116. The summed E-state index contributed by atoms with van der Waals surface area (Å²) in [7, 11) is 0. The van der Waals surface area contributed by atoms with Crippen LogP contribution in [0.4, 0.5) is 0 Å². The van der Waals surface area contributed by atoms with E-state index in [1.165, 1.54) is 0 Å². The van der Waals surface area contributed by atoms with Crippen LogP contribution in [0, 0.1) is 13.8 Å². The van der Waals surface area contributed by atoms with Gasteiger partial charge in [-0.1, -0.05) is 0 Å². The van der Waals surface area contributed by atoms with Crippen molar-refractivity contribution >= 4 is 5.91 Å². The van der Waals surface area contributed by atoms with E-state index in [0.717, 1.165) is 37.2 Å². The minimum atomic E-state index is -0.0352. The molecule has 1 aliphatic heterocycles. The summed E-state index contributed by atoms with van der Waals surface area (Å²) in [5, 5.41) is 9.36. The van der Waals surface area contributed by atoms with Crippen LogP contribution in [-0.4, -0.2) is 40.1 Å². The molecule has 0 saturated carbocycles. The lowest BCUT2D eigenvalue weighted by Gasteiger charge is -2.34. The van der Waals surface area contributed by atoms with Crippen molar-refractivity contribution in [2.75, 3.05) is 13.2 Å². The second-order valence-electron chi connectivity index (χ2n) is 4.92. The number of rotatable bonds is 2. The highest BCUT2D eigenvalue weighted by Crippen LogP contribution is 2.20. The van der Waals surface area contributed by atoms with Gasteiger partial charge >= 0.3 is 0 Å². The number of hydrogen-bond donors (Lipinski definition) is 1. The molecule has 2 rings (SSSR count). The van der Waals surface area contributed by atoms with E-state index in [-0.39, 0.29) is 18.6 Å². The Hall–Kier alpha value is -1.42. The number of aliphatic hydroxyl groups excluding tert-OH is 1. The van der Waals surface area contributed by atoms with Crippen molar-refractivity contribution in [3.05, 3.63) is 29.1 Å². The van der Waals surface area contributed by atoms with Crippen molar-refractivity contribution in [3.63, 3.8) is 0 Å². The highest BCUT2D eigenvalue weighted by Gasteiger charge is 2.27. The van der Waals surface area contributed by atoms with Gasteiger partial charge in [0.1, 0.15) is 0 Å². The van der Waals surface area contributed by atoms with E-state index in [9.17, 15) is 9.90 Å². The molecule has 4 nitrogen and oxygen atoms in total. The average Bonchev–Trinajstić information content (AvgIpc) is 2.38. The number of likely N-dealkylation sites (tertiary alicyclic amines) is 1. The summed E-state index contributed by atoms with van der Waals surface area (Å²) in [5.74, 6) is -0.00116. The molecule has 0 aromatic carbocycles. The van der Waals surface area contributed by atoms with Gasteiger partial charge in [-0.05, 0) is 45.2 Å². The molecule has 1 saturated heterocycles. The maximum atomic E-state index is 12.5. The molecule has 1 unspecified atom stereocenters. The number of carbonyl (C=O) groups is 1. The van der Waals surface area contributed by atoms with Crippen LogP contribution in [0.2, 0.25) is 0 Å². The summed E-state index contributed by atoms with van der Waals surface area (Å²) in [6.07, 6.45) is 2.99. The minimum Gasteiger partial charge on any atom is -0.394 e. The van der Waals surface area contributed by atoms with Gasteiger partial charge in [0.25, 0.3) is 5.91 Å². The van der Waals surface area contributed by atoms with E-state index in [0.29, 0.717) is 5.56 Å². The Morgan fingerprint density at radius 2 is 2.22 bits per heavy atom. The zero-order valence-corrected chi connectivity index (χ0v) is 11.0. The van der Waals surface area contributed by atoms with Gasteiger partial charge in [-0.3, -0.25) is 9.78 Å². The second-order valence-corrected chi connectivity index (χ2v) is 4.92. The first-order valence-corrected chi connectivity index (χ1v) is 6.49. The summed E-state index contributed by atoms with van der Waals surface area (Å²) >= 11 is 0. The van der Waals surface area contributed by atoms with Gasteiger partial charge < -0.3 is 10.0 Å². The molecule has 0 radical (unpaired) electrons. The first kappa shape index (κ1) is 13.0.